The predicted octanol–water partition coefficient (Wildman–Crippen LogP) is 3.28. The highest BCUT2D eigenvalue weighted by Gasteiger charge is 2.27. The summed E-state index contributed by atoms with van der Waals surface area (Å²) in [7, 11) is 4.01. The Bertz CT molecular complexity index is 233. The summed E-state index contributed by atoms with van der Waals surface area (Å²) in [6.07, 6.45) is 7.95. The van der Waals surface area contributed by atoms with Crippen LogP contribution in [-0.4, -0.2) is 31.3 Å². The topological polar surface area (TPSA) is 20.3 Å². The van der Waals surface area contributed by atoms with Crippen LogP contribution in [0.15, 0.2) is 12.2 Å². The lowest BCUT2D eigenvalue weighted by molar-refractivity contribution is -0.123. The molecule has 0 saturated heterocycles. The van der Waals surface area contributed by atoms with E-state index in [-0.39, 0.29) is 11.2 Å². The first kappa shape index (κ1) is 15.4. The maximum atomic E-state index is 12.1. The van der Waals surface area contributed by atoms with E-state index in [1.165, 1.54) is 0 Å². The Kier molecular flexibility index (Phi) is 7.31. The minimum atomic E-state index is -0.154. The van der Waals surface area contributed by atoms with Crippen molar-refractivity contribution < 1.29 is 4.79 Å². The first-order chi connectivity index (χ1) is 7.46. The van der Waals surface area contributed by atoms with Gasteiger partial charge in [-0.3, -0.25) is 4.79 Å². The molecule has 0 spiro atoms. The molecule has 1 atom stereocenters. The molecule has 0 saturated carbocycles. The van der Waals surface area contributed by atoms with Crippen LogP contribution in [0.2, 0.25) is 0 Å². The minimum Gasteiger partial charge on any atom is -0.306 e. The molecule has 2 nitrogen and oxygen atoms in total. The Morgan fingerprint density at radius 3 is 2.38 bits per heavy atom. The van der Waals surface area contributed by atoms with Crippen LogP contribution in [-0.2, 0) is 4.79 Å². The van der Waals surface area contributed by atoms with E-state index in [1.807, 2.05) is 20.2 Å². The Balaban J connectivity index is 4.34. The van der Waals surface area contributed by atoms with Crippen LogP contribution in [0.25, 0.3) is 0 Å². The molecule has 0 rings (SSSR count). The van der Waals surface area contributed by atoms with E-state index >= 15 is 0 Å². The third kappa shape index (κ3) is 5.45. The van der Waals surface area contributed by atoms with Gasteiger partial charge in [-0.1, -0.05) is 39.7 Å². The molecule has 0 aliphatic carbocycles. The fourth-order valence-electron chi connectivity index (χ4n) is 1.61. The number of hydrogen-bond donors (Lipinski definition) is 0. The third-order valence-corrected chi connectivity index (χ3v) is 3.20. The molecular weight excluding hydrogens is 198 g/mol. The average Bonchev–Trinajstić information content (AvgIpc) is 2.25. The van der Waals surface area contributed by atoms with E-state index in [0.29, 0.717) is 0 Å². The Hall–Kier alpha value is -0.630. The fraction of sp³-hybridized carbons (Fsp3) is 0.786. The smallest absolute Gasteiger partial charge is 0.161 e. The van der Waals surface area contributed by atoms with Gasteiger partial charge in [0.25, 0.3) is 0 Å². The summed E-state index contributed by atoms with van der Waals surface area (Å²) in [5.74, 6) is 0.283. The van der Waals surface area contributed by atoms with Crippen LogP contribution in [0.3, 0.4) is 0 Å². The summed E-state index contributed by atoms with van der Waals surface area (Å²) in [5, 5.41) is 0. The highest BCUT2D eigenvalue weighted by atomic mass is 16.1. The van der Waals surface area contributed by atoms with Crippen LogP contribution < -0.4 is 0 Å². The van der Waals surface area contributed by atoms with Gasteiger partial charge in [0.1, 0.15) is 0 Å². The number of carbonyl (C=O) groups excluding carboxylic acids is 1. The third-order valence-electron chi connectivity index (χ3n) is 3.20. The fourth-order valence-corrected chi connectivity index (χ4v) is 1.61. The summed E-state index contributed by atoms with van der Waals surface area (Å²) >= 11 is 0. The monoisotopic (exact) mass is 225 g/mol. The van der Waals surface area contributed by atoms with Crippen molar-refractivity contribution in [3.8, 4) is 0 Å². The van der Waals surface area contributed by atoms with Crippen molar-refractivity contribution in [1.82, 2.24) is 4.90 Å². The second-order valence-electron chi connectivity index (χ2n) is 5.05. The van der Waals surface area contributed by atoms with Crippen LogP contribution in [0.1, 0.15) is 46.5 Å². The molecule has 0 radical (unpaired) electrons. The Morgan fingerprint density at radius 1 is 1.31 bits per heavy atom. The maximum absolute atomic E-state index is 12.1. The maximum Gasteiger partial charge on any atom is 0.161 e. The molecule has 94 valence electrons. The van der Waals surface area contributed by atoms with Crippen molar-refractivity contribution in [2.45, 2.75) is 46.5 Å². The highest BCUT2D eigenvalue weighted by Crippen LogP contribution is 2.29. The molecule has 0 amide bonds. The Labute approximate surface area is 101 Å². The summed E-state index contributed by atoms with van der Waals surface area (Å²) in [4.78, 5) is 14.1. The van der Waals surface area contributed by atoms with Gasteiger partial charge in [0.15, 0.2) is 5.78 Å². The van der Waals surface area contributed by atoms with Crippen molar-refractivity contribution in [3.05, 3.63) is 12.2 Å². The van der Waals surface area contributed by atoms with Crippen LogP contribution in [0, 0.1) is 5.41 Å². The van der Waals surface area contributed by atoms with Gasteiger partial charge < -0.3 is 4.90 Å². The molecule has 0 aliphatic heterocycles. The number of nitrogens with zero attached hydrogens (tertiary/aromatic N) is 1. The van der Waals surface area contributed by atoms with Gasteiger partial charge in [-0.05, 0) is 33.0 Å². The van der Waals surface area contributed by atoms with E-state index in [4.69, 9.17) is 0 Å². The number of allylic oxidation sites excluding steroid dienone is 1. The molecule has 0 N–H and O–H groups in total. The molecule has 0 aromatic heterocycles. The lowest BCUT2D eigenvalue weighted by atomic mass is 9.78. The van der Waals surface area contributed by atoms with E-state index in [9.17, 15) is 4.79 Å². The zero-order valence-electron chi connectivity index (χ0n) is 11.5. The van der Waals surface area contributed by atoms with Crippen LogP contribution in [0.5, 0.6) is 0 Å². The second-order valence-corrected chi connectivity index (χ2v) is 5.05. The molecule has 0 aliphatic rings. The number of carbonyl (C=O) groups is 1. The first-order valence-electron chi connectivity index (χ1n) is 6.32. The quantitative estimate of drug-likeness (QED) is 0.591. The van der Waals surface area contributed by atoms with Gasteiger partial charge in [-0.15, -0.1) is 0 Å². The molecule has 2 heteroatoms. The van der Waals surface area contributed by atoms with Gasteiger partial charge in [0.05, 0.1) is 0 Å². The average molecular weight is 225 g/mol. The zero-order valence-corrected chi connectivity index (χ0v) is 11.5. The van der Waals surface area contributed by atoms with Crippen LogP contribution in [0.4, 0.5) is 0 Å². The first-order valence-corrected chi connectivity index (χ1v) is 6.32. The highest BCUT2D eigenvalue weighted by molar-refractivity contribution is 5.94. The van der Waals surface area contributed by atoms with Crippen molar-refractivity contribution in [2.24, 2.45) is 5.41 Å². The molecule has 0 aromatic carbocycles. The summed E-state index contributed by atoms with van der Waals surface area (Å²) in [6.45, 7) is 7.19. The number of likely N-dealkylation sites (N-methyl/N-ethyl adjacent to an activating group) is 1. The second kappa shape index (κ2) is 7.61. The Morgan fingerprint density at radius 2 is 1.94 bits per heavy atom. The van der Waals surface area contributed by atoms with E-state index < -0.39 is 0 Å². The molecular formula is C14H27NO. The van der Waals surface area contributed by atoms with Gasteiger partial charge in [-0.25, -0.2) is 0 Å². The van der Waals surface area contributed by atoms with Gasteiger partial charge >= 0.3 is 0 Å². The van der Waals surface area contributed by atoms with Crippen molar-refractivity contribution >= 4 is 5.78 Å². The lowest BCUT2D eigenvalue weighted by Crippen LogP contribution is -2.25. The lowest BCUT2D eigenvalue weighted by Gasteiger charge is -2.25. The SMILES string of the molecule is CCCCC(C)(CC)C(=O)/C=C/CN(C)C. The normalized spacial score (nSPS) is 15.6. The molecule has 1 unspecified atom stereocenters. The number of ketones is 1. The minimum absolute atomic E-state index is 0.154. The standard InChI is InChI=1S/C14H27NO/c1-6-8-11-14(3,7-2)13(16)10-9-12-15(4)5/h9-10H,6-8,11-12H2,1-5H3/b10-9+. The number of unbranched alkanes of at least 4 members (excludes halogenated alkanes) is 1. The largest absolute Gasteiger partial charge is 0.306 e. The molecule has 16 heavy (non-hydrogen) atoms. The molecule has 0 fully saturated rings. The van der Waals surface area contributed by atoms with E-state index in [0.717, 1.165) is 32.2 Å². The number of rotatable bonds is 8. The van der Waals surface area contributed by atoms with Gasteiger partial charge in [0, 0.05) is 12.0 Å². The van der Waals surface area contributed by atoms with E-state index in [1.54, 1.807) is 6.08 Å². The van der Waals surface area contributed by atoms with Gasteiger partial charge in [0.2, 0.25) is 0 Å². The van der Waals surface area contributed by atoms with Crippen molar-refractivity contribution in [2.75, 3.05) is 20.6 Å². The number of hydrogen-bond acceptors (Lipinski definition) is 2. The van der Waals surface area contributed by atoms with Crippen molar-refractivity contribution in [1.29, 1.82) is 0 Å². The summed E-state index contributed by atoms with van der Waals surface area (Å²) < 4.78 is 0. The molecule has 0 aromatic rings. The molecule has 0 bridgehead atoms. The summed E-state index contributed by atoms with van der Waals surface area (Å²) in [5.41, 5.74) is -0.154. The predicted molar refractivity (Wildman–Crippen MR) is 70.6 cm³/mol. The van der Waals surface area contributed by atoms with Crippen LogP contribution >= 0.6 is 0 Å². The van der Waals surface area contributed by atoms with E-state index in [2.05, 4.69) is 25.7 Å². The molecule has 0 heterocycles. The van der Waals surface area contributed by atoms with Gasteiger partial charge in [-0.2, -0.15) is 0 Å². The van der Waals surface area contributed by atoms with Crippen molar-refractivity contribution in [3.63, 3.8) is 0 Å². The zero-order chi connectivity index (χ0) is 12.6. The summed E-state index contributed by atoms with van der Waals surface area (Å²) in [6, 6.07) is 0.